The van der Waals surface area contributed by atoms with Crippen LogP contribution in [-0.2, 0) is 13.1 Å². The van der Waals surface area contributed by atoms with Crippen LogP contribution in [-0.4, -0.2) is 61.3 Å². The molecule has 0 unspecified atom stereocenters. The number of likely N-dealkylation sites (N-methyl/N-ethyl adjacent to an activating group) is 1. The minimum atomic E-state index is 1.03. The first-order valence-corrected chi connectivity index (χ1v) is 8.89. The van der Waals surface area contributed by atoms with Crippen molar-refractivity contribution in [2.24, 2.45) is 0 Å². The number of nitrogens with one attached hydrogen (secondary N) is 1. The molecule has 0 atom stereocenters. The molecule has 128 valence electrons. The maximum absolute atomic E-state index is 3.44. The Morgan fingerprint density at radius 2 is 1.35 bits per heavy atom. The van der Waals surface area contributed by atoms with Gasteiger partial charge in [0.2, 0.25) is 0 Å². The molecular formula is C19H32N4. The fourth-order valence-corrected chi connectivity index (χ4v) is 4.00. The van der Waals surface area contributed by atoms with Gasteiger partial charge in [0.05, 0.1) is 6.67 Å². The van der Waals surface area contributed by atoms with Crippen molar-refractivity contribution in [3.63, 3.8) is 0 Å². The zero-order valence-corrected chi connectivity index (χ0v) is 15.5. The molecule has 0 bridgehead atoms. The van der Waals surface area contributed by atoms with Crippen LogP contribution >= 0.6 is 0 Å². The van der Waals surface area contributed by atoms with Crippen LogP contribution in [0.15, 0.2) is 0 Å². The van der Waals surface area contributed by atoms with E-state index in [1.54, 1.807) is 11.1 Å². The third kappa shape index (κ3) is 3.45. The predicted molar refractivity (Wildman–Crippen MR) is 96.6 cm³/mol. The van der Waals surface area contributed by atoms with E-state index in [9.17, 15) is 0 Å². The molecule has 0 amide bonds. The molecule has 2 aliphatic rings. The van der Waals surface area contributed by atoms with Crippen LogP contribution in [0.5, 0.6) is 0 Å². The molecule has 0 aliphatic carbocycles. The molecule has 0 radical (unpaired) electrons. The summed E-state index contributed by atoms with van der Waals surface area (Å²) in [7, 11) is 2.21. The lowest BCUT2D eigenvalue weighted by atomic mass is 9.88. The van der Waals surface area contributed by atoms with Gasteiger partial charge in [-0.2, -0.15) is 0 Å². The number of rotatable bonds is 4. The van der Waals surface area contributed by atoms with Crippen molar-refractivity contribution in [1.29, 1.82) is 0 Å². The molecule has 2 heterocycles. The normalized spacial score (nSPS) is 20.7. The van der Waals surface area contributed by atoms with Crippen LogP contribution < -0.4 is 5.32 Å². The van der Waals surface area contributed by atoms with Gasteiger partial charge in [-0.3, -0.25) is 14.7 Å². The Balaban J connectivity index is 1.86. The fraction of sp³-hybridized carbons (Fsp3) is 0.684. The number of benzene rings is 1. The van der Waals surface area contributed by atoms with Crippen LogP contribution in [0, 0.1) is 27.7 Å². The molecule has 4 heteroatoms. The Bertz CT molecular complexity index is 546. The Labute approximate surface area is 141 Å². The average Bonchev–Trinajstić information content (AvgIpc) is 3.18. The van der Waals surface area contributed by atoms with E-state index in [1.165, 1.54) is 41.9 Å². The Morgan fingerprint density at radius 3 is 1.78 bits per heavy atom. The first kappa shape index (κ1) is 16.9. The topological polar surface area (TPSA) is 21.8 Å². The van der Waals surface area contributed by atoms with Crippen molar-refractivity contribution in [2.45, 2.75) is 40.8 Å². The van der Waals surface area contributed by atoms with Gasteiger partial charge in [-0.25, -0.2) is 0 Å². The van der Waals surface area contributed by atoms with Crippen LogP contribution in [0.4, 0.5) is 0 Å². The highest BCUT2D eigenvalue weighted by molar-refractivity contribution is 5.50. The molecule has 0 spiro atoms. The number of hydrogen-bond donors (Lipinski definition) is 1. The zero-order valence-electron chi connectivity index (χ0n) is 15.5. The standard InChI is InChI=1S/C19H32N4/c1-14-16(3)19(11-23-9-8-21(5)13-23)17(4)15(2)18(14)10-22-7-6-20-12-22/h20H,6-13H2,1-5H3. The van der Waals surface area contributed by atoms with Gasteiger partial charge in [0.15, 0.2) is 0 Å². The lowest BCUT2D eigenvalue weighted by Crippen LogP contribution is -2.25. The number of hydrogen-bond acceptors (Lipinski definition) is 4. The van der Waals surface area contributed by atoms with E-state index in [2.05, 4.69) is 54.8 Å². The lowest BCUT2D eigenvalue weighted by Gasteiger charge is -2.26. The van der Waals surface area contributed by atoms with E-state index in [1.807, 2.05) is 0 Å². The average molecular weight is 316 g/mol. The minimum Gasteiger partial charge on any atom is -0.303 e. The van der Waals surface area contributed by atoms with Gasteiger partial charge in [0.25, 0.3) is 0 Å². The summed E-state index contributed by atoms with van der Waals surface area (Å²) >= 11 is 0. The molecule has 2 aliphatic heterocycles. The molecule has 2 saturated heterocycles. The highest BCUT2D eigenvalue weighted by atomic mass is 15.4. The summed E-state index contributed by atoms with van der Waals surface area (Å²) in [6, 6.07) is 0. The Morgan fingerprint density at radius 1 is 0.783 bits per heavy atom. The first-order chi connectivity index (χ1) is 11.0. The summed E-state index contributed by atoms with van der Waals surface area (Å²) < 4.78 is 0. The Kier molecular flexibility index (Phi) is 5.07. The van der Waals surface area contributed by atoms with E-state index in [0.717, 1.165) is 33.0 Å². The second-order valence-corrected chi connectivity index (χ2v) is 7.44. The highest BCUT2D eigenvalue weighted by Gasteiger charge is 2.22. The second-order valence-electron chi connectivity index (χ2n) is 7.44. The van der Waals surface area contributed by atoms with Gasteiger partial charge in [-0.05, 0) is 68.1 Å². The summed E-state index contributed by atoms with van der Waals surface area (Å²) in [5.41, 5.74) is 9.12. The van der Waals surface area contributed by atoms with E-state index in [-0.39, 0.29) is 0 Å². The summed E-state index contributed by atoms with van der Waals surface area (Å²) in [5.74, 6) is 0. The number of nitrogens with zero attached hydrogens (tertiary/aromatic N) is 3. The van der Waals surface area contributed by atoms with E-state index in [4.69, 9.17) is 0 Å². The third-order valence-corrected chi connectivity index (χ3v) is 5.88. The monoisotopic (exact) mass is 316 g/mol. The second kappa shape index (κ2) is 6.89. The van der Waals surface area contributed by atoms with E-state index >= 15 is 0 Å². The van der Waals surface area contributed by atoms with Crippen molar-refractivity contribution in [3.8, 4) is 0 Å². The van der Waals surface area contributed by atoms with Gasteiger partial charge in [0, 0.05) is 45.9 Å². The molecule has 2 fully saturated rings. The summed E-state index contributed by atoms with van der Waals surface area (Å²) in [5, 5.41) is 3.44. The lowest BCUT2D eigenvalue weighted by molar-refractivity contribution is 0.267. The van der Waals surface area contributed by atoms with Crippen LogP contribution in [0.3, 0.4) is 0 Å². The third-order valence-electron chi connectivity index (χ3n) is 5.88. The van der Waals surface area contributed by atoms with Gasteiger partial charge in [0.1, 0.15) is 0 Å². The maximum Gasteiger partial charge on any atom is 0.0507 e. The largest absolute Gasteiger partial charge is 0.303 e. The summed E-state index contributed by atoms with van der Waals surface area (Å²) in [6.07, 6.45) is 0. The Hall–Kier alpha value is -0.940. The smallest absolute Gasteiger partial charge is 0.0507 e. The molecular weight excluding hydrogens is 284 g/mol. The van der Waals surface area contributed by atoms with Crippen molar-refractivity contribution in [1.82, 2.24) is 20.0 Å². The van der Waals surface area contributed by atoms with Crippen LogP contribution in [0.25, 0.3) is 0 Å². The van der Waals surface area contributed by atoms with Crippen molar-refractivity contribution in [2.75, 3.05) is 46.6 Å². The first-order valence-electron chi connectivity index (χ1n) is 8.89. The molecule has 4 nitrogen and oxygen atoms in total. The van der Waals surface area contributed by atoms with Crippen LogP contribution in [0.2, 0.25) is 0 Å². The molecule has 3 rings (SSSR count). The van der Waals surface area contributed by atoms with E-state index in [0.29, 0.717) is 0 Å². The van der Waals surface area contributed by atoms with Gasteiger partial charge < -0.3 is 5.32 Å². The van der Waals surface area contributed by atoms with Crippen molar-refractivity contribution >= 4 is 0 Å². The summed E-state index contributed by atoms with van der Waals surface area (Å²) in [4.78, 5) is 7.49. The molecule has 0 aromatic heterocycles. The molecule has 1 aromatic rings. The van der Waals surface area contributed by atoms with Gasteiger partial charge in [-0.1, -0.05) is 0 Å². The SMILES string of the molecule is Cc1c(C)c(CN2CCN(C)C2)c(C)c(C)c1CN1CCNC1. The maximum atomic E-state index is 3.44. The predicted octanol–water partition coefficient (Wildman–Crippen LogP) is 1.99. The van der Waals surface area contributed by atoms with Crippen LogP contribution in [0.1, 0.15) is 33.4 Å². The van der Waals surface area contributed by atoms with Crippen molar-refractivity contribution in [3.05, 3.63) is 33.4 Å². The minimum absolute atomic E-state index is 1.03. The molecule has 23 heavy (non-hydrogen) atoms. The fourth-order valence-electron chi connectivity index (χ4n) is 4.00. The molecule has 1 aromatic carbocycles. The summed E-state index contributed by atoms with van der Waals surface area (Å²) in [6.45, 7) is 18.2. The van der Waals surface area contributed by atoms with Gasteiger partial charge >= 0.3 is 0 Å². The zero-order chi connectivity index (χ0) is 16.6. The van der Waals surface area contributed by atoms with Crippen molar-refractivity contribution < 1.29 is 0 Å². The quantitative estimate of drug-likeness (QED) is 0.917. The van der Waals surface area contributed by atoms with E-state index < -0.39 is 0 Å². The molecule has 0 saturated carbocycles. The molecule has 1 N–H and O–H groups in total. The highest BCUT2D eigenvalue weighted by Crippen LogP contribution is 2.29. The van der Waals surface area contributed by atoms with Gasteiger partial charge in [-0.15, -0.1) is 0 Å².